The van der Waals surface area contributed by atoms with Gasteiger partial charge in [0.15, 0.2) is 0 Å². The van der Waals surface area contributed by atoms with E-state index < -0.39 is 0 Å². The largest absolute Gasteiger partial charge is 0.394 e. The molecule has 0 radical (unpaired) electrons. The smallest absolute Gasteiger partial charge is 0.0613 e. The first kappa shape index (κ1) is 13.3. The molecule has 2 aliphatic rings. The molecule has 17 heavy (non-hydrogen) atoms. The second-order valence-corrected chi connectivity index (χ2v) is 6.11. The first-order valence-electron chi connectivity index (χ1n) is 7.29. The molecular formula is C14H28N2O. The fourth-order valence-corrected chi connectivity index (χ4v) is 3.70. The number of piperidine rings is 1. The van der Waals surface area contributed by atoms with Crippen LogP contribution >= 0.6 is 0 Å². The molecule has 0 spiro atoms. The summed E-state index contributed by atoms with van der Waals surface area (Å²) in [6, 6.07) is 0.698. The molecule has 2 N–H and O–H groups in total. The van der Waals surface area contributed by atoms with Gasteiger partial charge in [-0.3, -0.25) is 0 Å². The molecule has 0 aromatic heterocycles. The summed E-state index contributed by atoms with van der Waals surface area (Å²) in [5.74, 6) is 0.854. The van der Waals surface area contributed by atoms with Crippen molar-refractivity contribution in [1.29, 1.82) is 0 Å². The third-order valence-corrected chi connectivity index (χ3v) is 4.64. The van der Waals surface area contributed by atoms with Crippen molar-refractivity contribution < 1.29 is 5.11 Å². The monoisotopic (exact) mass is 240 g/mol. The zero-order valence-corrected chi connectivity index (χ0v) is 11.4. The van der Waals surface area contributed by atoms with E-state index in [1.807, 2.05) is 0 Å². The van der Waals surface area contributed by atoms with Gasteiger partial charge in [0.1, 0.15) is 0 Å². The number of hydrogen-bond donors (Lipinski definition) is 2. The van der Waals surface area contributed by atoms with E-state index in [2.05, 4.69) is 24.1 Å². The Hall–Kier alpha value is -0.120. The summed E-state index contributed by atoms with van der Waals surface area (Å²) in [5.41, 5.74) is 0.0140. The Morgan fingerprint density at radius 2 is 2.24 bits per heavy atom. The van der Waals surface area contributed by atoms with Crippen molar-refractivity contribution >= 4 is 0 Å². The third kappa shape index (κ3) is 3.01. The maximum atomic E-state index is 9.63. The summed E-state index contributed by atoms with van der Waals surface area (Å²) in [4.78, 5) is 2.67. The molecule has 0 bridgehead atoms. The quantitative estimate of drug-likeness (QED) is 0.784. The van der Waals surface area contributed by atoms with Gasteiger partial charge in [-0.25, -0.2) is 0 Å². The molecule has 0 aromatic carbocycles. The molecule has 0 aromatic rings. The van der Waals surface area contributed by atoms with Gasteiger partial charge in [-0.05, 0) is 51.1 Å². The van der Waals surface area contributed by atoms with Crippen LogP contribution in [-0.2, 0) is 0 Å². The molecule has 1 aliphatic heterocycles. The predicted octanol–water partition coefficient (Wildman–Crippen LogP) is 1.61. The van der Waals surface area contributed by atoms with Crippen LogP contribution in [0.2, 0.25) is 0 Å². The summed E-state index contributed by atoms with van der Waals surface area (Å²) in [6.07, 6.45) is 6.25. The molecule has 3 nitrogen and oxygen atoms in total. The number of likely N-dealkylation sites (N-methyl/N-ethyl adjacent to an activating group) is 1. The molecule has 2 fully saturated rings. The van der Waals surface area contributed by atoms with Crippen LogP contribution in [0.1, 0.15) is 46.0 Å². The molecule has 1 heterocycles. The van der Waals surface area contributed by atoms with E-state index in [9.17, 15) is 5.11 Å². The van der Waals surface area contributed by atoms with E-state index in [1.54, 1.807) is 0 Å². The van der Waals surface area contributed by atoms with Gasteiger partial charge >= 0.3 is 0 Å². The minimum absolute atomic E-state index is 0.0140. The summed E-state index contributed by atoms with van der Waals surface area (Å²) in [7, 11) is 0. The lowest BCUT2D eigenvalue weighted by atomic mass is 9.96. The van der Waals surface area contributed by atoms with Gasteiger partial charge in [0.25, 0.3) is 0 Å². The Morgan fingerprint density at radius 1 is 1.41 bits per heavy atom. The average molecular weight is 240 g/mol. The zero-order valence-electron chi connectivity index (χ0n) is 11.4. The van der Waals surface area contributed by atoms with E-state index >= 15 is 0 Å². The highest BCUT2D eigenvalue weighted by atomic mass is 16.3. The van der Waals surface area contributed by atoms with Crippen molar-refractivity contribution in [2.75, 3.05) is 26.2 Å². The van der Waals surface area contributed by atoms with E-state index in [1.165, 1.54) is 32.4 Å². The summed E-state index contributed by atoms with van der Waals surface area (Å²) in [5, 5.41) is 13.1. The van der Waals surface area contributed by atoms with Crippen LogP contribution in [0.15, 0.2) is 0 Å². The lowest BCUT2D eigenvalue weighted by Gasteiger charge is -2.37. The lowest BCUT2D eigenvalue weighted by molar-refractivity contribution is 0.113. The Labute approximate surface area is 106 Å². The standard InChI is InChI=1S/C14H28N2O/c1-3-15-14(11-17)7-6-13(9-14)16-8-4-5-12(2)10-16/h12-13,15,17H,3-11H2,1-2H3. The van der Waals surface area contributed by atoms with Gasteiger partial charge in [0.2, 0.25) is 0 Å². The van der Waals surface area contributed by atoms with Gasteiger partial charge in [-0.1, -0.05) is 13.8 Å². The predicted molar refractivity (Wildman–Crippen MR) is 71.1 cm³/mol. The van der Waals surface area contributed by atoms with Crippen LogP contribution in [0.25, 0.3) is 0 Å². The highest BCUT2D eigenvalue weighted by molar-refractivity contribution is 4.99. The number of nitrogens with zero attached hydrogens (tertiary/aromatic N) is 1. The van der Waals surface area contributed by atoms with Crippen LogP contribution < -0.4 is 5.32 Å². The van der Waals surface area contributed by atoms with Crippen molar-refractivity contribution in [2.24, 2.45) is 5.92 Å². The highest BCUT2D eigenvalue weighted by Gasteiger charge is 2.40. The molecule has 0 amide bonds. The first-order chi connectivity index (χ1) is 8.19. The number of aliphatic hydroxyl groups is 1. The van der Waals surface area contributed by atoms with E-state index in [4.69, 9.17) is 0 Å². The number of rotatable bonds is 4. The van der Waals surface area contributed by atoms with E-state index in [-0.39, 0.29) is 5.54 Å². The van der Waals surface area contributed by atoms with Gasteiger partial charge in [0.05, 0.1) is 6.61 Å². The Morgan fingerprint density at radius 3 is 2.88 bits per heavy atom. The van der Waals surface area contributed by atoms with Crippen LogP contribution in [0, 0.1) is 5.92 Å². The lowest BCUT2D eigenvalue weighted by Crippen LogP contribution is -2.48. The minimum Gasteiger partial charge on any atom is -0.394 e. The number of hydrogen-bond acceptors (Lipinski definition) is 3. The zero-order chi connectivity index (χ0) is 12.3. The van der Waals surface area contributed by atoms with E-state index in [0.29, 0.717) is 12.6 Å². The van der Waals surface area contributed by atoms with Crippen LogP contribution in [0.5, 0.6) is 0 Å². The van der Waals surface area contributed by atoms with Crippen molar-refractivity contribution in [3.63, 3.8) is 0 Å². The molecular weight excluding hydrogens is 212 g/mol. The molecule has 3 heteroatoms. The fourth-order valence-electron chi connectivity index (χ4n) is 3.70. The maximum absolute atomic E-state index is 9.63. The van der Waals surface area contributed by atoms with Crippen LogP contribution in [-0.4, -0.2) is 47.8 Å². The summed E-state index contributed by atoms with van der Waals surface area (Å²) >= 11 is 0. The second kappa shape index (κ2) is 5.68. The Bertz CT molecular complexity index is 246. The molecule has 1 saturated carbocycles. The Balaban J connectivity index is 1.91. The van der Waals surface area contributed by atoms with Crippen molar-refractivity contribution in [3.05, 3.63) is 0 Å². The number of nitrogens with one attached hydrogen (secondary N) is 1. The number of likely N-dealkylation sites (tertiary alicyclic amines) is 1. The Kier molecular flexibility index (Phi) is 4.45. The van der Waals surface area contributed by atoms with Crippen molar-refractivity contribution in [2.45, 2.75) is 57.5 Å². The summed E-state index contributed by atoms with van der Waals surface area (Å²) in [6.45, 7) is 8.28. The molecule has 1 saturated heterocycles. The second-order valence-electron chi connectivity index (χ2n) is 6.11. The molecule has 1 aliphatic carbocycles. The van der Waals surface area contributed by atoms with Crippen molar-refractivity contribution in [1.82, 2.24) is 10.2 Å². The topological polar surface area (TPSA) is 35.5 Å². The summed E-state index contributed by atoms with van der Waals surface area (Å²) < 4.78 is 0. The van der Waals surface area contributed by atoms with Gasteiger partial charge < -0.3 is 15.3 Å². The average Bonchev–Trinajstić information content (AvgIpc) is 2.75. The van der Waals surface area contributed by atoms with Crippen LogP contribution in [0.4, 0.5) is 0 Å². The van der Waals surface area contributed by atoms with Gasteiger partial charge in [-0.2, -0.15) is 0 Å². The van der Waals surface area contributed by atoms with Gasteiger partial charge in [-0.15, -0.1) is 0 Å². The van der Waals surface area contributed by atoms with E-state index in [0.717, 1.165) is 25.3 Å². The normalized spacial score (nSPS) is 39.7. The highest BCUT2D eigenvalue weighted by Crippen LogP contribution is 2.34. The first-order valence-corrected chi connectivity index (χ1v) is 7.29. The SMILES string of the molecule is CCNC1(CO)CCC(N2CCCC(C)C2)C1. The molecule has 2 rings (SSSR count). The fraction of sp³-hybridized carbons (Fsp3) is 1.00. The van der Waals surface area contributed by atoms with Crippen LogP contribution in [0.3, 0.4) is 0 Å². The third-order valence-electron chi connectivity index (χ3n) is 4.64. The maximum Gasteiger partial charge on any atom is 0.0613 e. The molecule has 3 unspecified atom stereocenters. The number of aliphatic hydroxyl groups excluding tert-OH is 1. The molecule has 3 atom stereocenters. The van der Waals surface area contributed by atoms with Crippen molar-refractivity contribution in [3.8, 4) is 0 Å². The molecule has 100 valence electrons. The minimum atomic E-state index is 0.0140. The van der Waals surface area contributed by atoms with Gasteiger partial charge in [0, 0.05) is 18.1 Å².